The number of nitrogens with zero attached hydrogens (tertiary/aromatic N) is 2. The van der Waals surface area contributed by atoms with Crippen molar-refractivity contribution in [2.75, 3.05) is 13.7 Å². The lowest BCUT2D eigenvalue weighted by atomic mass is 9.88. The normalized spacial score (nSPS) is 18.3. The lowest BCUT2D eigenvalue weighted by Gasteiger charge is -2.29. The van der Waals surface area contributed by atoms with Crippen LogP contribution in [-0.2, 0) is 19.5 Å². The molecule has 0 amide bonds. The fourth-order valence-electron chi connectivity index (χ4n) is 4.42. The van der Waals surface area contributed by atoms with E-state index in [0.29, 0.717) is 12.5 Å². The molecule has 0 unspecified atom stereocenters. The highest BCUT2D eigenvalue weighted by Gasteiger charge is 2.24. The van der Waals surface area contributed by atoms with Gasteiger partial charge in [-0.1, -0.05) is 25.3 Å². The van der Waals surface area contributed by atoms with Crippen molar-refractivity contribution in [3.8, 4) is 5.75 Å². The van der Waals surface area contributed by atoms with Crippen molar-refractivity contribution < 1.29 is 4.74 Å². The molecule has 1 saturated carbocycles. The van der Waals surface area contributed by atoms with E-state index in [9.17, 15) is 4.79 Å². The number of ether oxygens (including phenoxy) is 1. The van der Waals surface area contributed by atoms with E-state index in [1.807, 2.05) is 6.07 Å². The average Bonchev–Trinajstić information content (AvgIpc) is 2.70. The Labute approximate surface area is 160 Å². The molecule has 2 heterocycles. The highest BCUT2D eigenvalue weighted by atomic mass is 16.5. The molecule has 1 aromatic heterocycles. The summed E-state index contributed by atoms with van der Waals surface area (Å²) in [6, 6.07) is 6.20. The number of H-pyrrole nitrogens is 1. The standard InChI is InChI=1S/C22H29N3O2/c1-15-12-18(27-2)9-8-17(15)13-25-11-10-20-19(14-25)22(26)24-21(23-20)16-6-4-3-5-7-16/h8-9,12,16H,3-7,10-11,13-14H2,1-2H3,(H,23,24,26). The predicted octanol–water partition coefficient (Wildman–Crippen LogP) is 3.69. The Balaban J connectivity index is 1.50. The first-order valence-electron chi connectivity index (χ1n) is 10.1. The third-order valence-corrected chi connectivity index (χ3v) is 6.10. The molecule has 4 rings (SSSR count). The second-order valence-corrected chi connectivity index (χ2v) is 7.96. The van der Waals surface area contributed by atoms with Gasteiger partial charge in [0.2, 0.25) is 0 Å². The summed E-state index contributed by atoms with van der Waals surface area (Å²) in [5, 5.41) is 0. The molecule has 1 aliphatic heterocycles. The smallest absolute Gasteiger partial charge is 0.255 e. The zero-order valence-corrected chi connectivity index (χ0v) is 16.4. The Bertz CT molecular complexity index is 868. The van der Waals surface area contributed by atoms with E-state index in [1.54, 1.807) is 7.11 Å². The quantitative estimate of drug-likeness (QED) is 0.895. The lowest BCUT2D eigenvalue weighted by molar-refractivity contribution is 0.240. The maximum absolute atomic E-state index is 12.7. The number of rotatable bonds is 4. The van der Waals surface area contributed by atoms with Gasteiger partial charge in [0.25, 0.3) is 5.56 Å². The fourth-order valence-corrected chi connectivity index (χ4v) is 4.42. The summed E-state index contributed by atoms with van der Waals surface area (Å²) in [7, 11) is 1.69. The number of nitrogens with one attached hydrogen (secondary N) is 1. The van der Waals surface area contributed by atoms with Gasteiger partial charge >= 0.3 is 0 Å². The van der Waals surface area contributed by atoms with Crippen LogP contribution in [0.2, 0.25) is 0 Å². The van der Waals surface area contributed by atoms with Gasteiger partial charge < -0.3 is 9.72 Å². The van der Waals surface area contributed by atoms with Gasteiger partial charge in [0.05, 0.1) is 18.4 Å². The minimum Gasteiger partial charge on any atom is -0.497 e. The molecule has 144 valence electrons. The molecule has 27 heavy (non-hydrogen) atoms. The van der Waals surface area contributed by atoms with E-state index in [0.717, 1.165) is 55.2 Å². The second kappa shape index (κ2) is 7.85. The molecule has 5 nitrogen and oxygen atoms in total. The Hall–Kier alpha value is -2.14. The summed E-state index contributed by atoms with van der Waals surface area (Å²) in [5.41, 5.74) is 4.44. The van der Waals surface area contributed by atoms with E-state index in [4.69, 9.17) is 9.72 Å². The van der Waals surface area contributed by atoms with Gasteiger partial charge in [0, 0.05) is 32.0 Å². The van der Waals surface area contributed by atoms with Crippen LogP contribution in [0.4, 0.5) is 0 Å². The summed E-state index contributed by atoms with van der Waals surface area (Å²) in [4.78, 5) is 23.1. The van der Waals surface area contributed by atoms with Crippen molar-refractivity contribution in [3.05, 3.63) is 56.8 Å². The van der Waals surface area contributed by atoms with Crippen molar-refractivity contribution in [2.45, 2.75) is 64.5 Å². The Morgan fingerprint density at radius 3 is 2.81 bits per heavy atom. The summed E-state index contributed by atoms with van der Waals surface area (Å²) < 4.78 is 5.30. The summed E-state index contributed by atoms with van der Waals surface area (Å²) in [6.07, 6.45) is 6.98. The first-order valence-corrected chi connectivity index (χ1v) is 10.1. The van der Waals surface area contributed by atoms with Crippen LogP contribution in [0.25, 0.3) is 0 Å². The number of methoxy groups -OCH3 is 1. The molecule has 1 fully saturated rings. The van der Waals surface area contributed by atoms with Crippen LogP contribution in [0.5, 0.6) is 5.75 Å². The summed E-state index contributed by atoms with van der Waals surface area (Å²) in [5.74, 6) is 2.26. The Morgan fingerprint density at radius 2 is 2.07 bits per heavy atom. The van der Waals surface area contributed by atoms with Crippen LogP contribution in [0, 0.1) is 6.92 Å². The molecule has 0 spiro atoms. The van der Waals surface area contributed by atoms with E-state index in [-0.39, 0.29) is 5.56 Å². The molecule has 5 heteroatoms. The molecule has 1 aromatic carbocycles. The highest BCUT2D eigenvalue weighted by Crippen LogP contribution is 2.31. The minimum atomic E-state index is 0.0664. The van der Waals surface area contributed by atoms with Crippen LogP contribution >= 0.6 is 0 Å². The molecular formula is C22H29N3O2. The first kappa shape index (κ1) is 18.2. The molecule has 2 aromatic rings. The number of aromatic nitrogens is 2. The molecule has 2 aliphatic rings. The molecule has 0 radical (unpaired) electrons. The molecule has 1 aliphatic carbocycles. The largest absolute Gasteiger partial charge is 0.497 e. The van der Waals surface area contributed by atoms with Crippen LogP contribution in [0.3, 0.4) is 0 Å². The molecule has 0 saturated heterocycles. The zero-order valence-electron chi connectivity index (χ0n) is 16.4. The Kier molecular flexibility index (Phi) is 5.30. The predicted molar refractivity (Wildman–Crippen MR) is 106 cm³/mol. The van der Waals surface area contributed by atoms with Crippen LogP contribution in [0.1, 0.15) is 66.2 Å². The maximum Gasteiger partial charge on any atom is 0.255 e. The third kappa shape index (κ3) is 3.93. The summed E-state index contributed by atoms with van der Waals surface area (Å²) >= 11 is 0. The number of aromatic amines is 1. The van der Waals surface area contributed by atoms with Crippen molar-refractivity contribution in [1.29, 1.82) is 0 Å². The topological polar surface area (TPSA) is 58.2 Å². The molecule has 0 bridgehead atoms. The maximum atomic E-state index is 12.7. The first-order chi connectivity index (χ1) is 13.1. The third-order valence-electron chi connectivity index (χ3n) is 6.10. The molecular weight excluding hydrogens is 338 g/mol. The number of hydrogen-bond acceptors (Lipinski definition) is 4. The Morgan fingerprint density at radius 1 is 1.26 bits per heavy atom. The van der Waals surface area contributed by atoms with Gasteiger partial charge in [-0.3, -0.25) is 9.69 Å². The van der Waals surface area contributed by atoms with E-state index < -0.39 is 0 Å². The number of hydrogen-bond donors (Lipinski definition) is 1. The number of fused-ring (bicyclic) bond motifs is 1. The van der Waals surface area contributed by atoms with Gasteiger partial charge in [0.1, 0.15) is 11.6 Å². The average molecular weight is 367 g/mol. The van der Waals surface area contributed by atoms with E-state index in [1.165, 1.54) is 30.4 Å². The minimum absolute atomic E-state index is 0.0664. The van der Waals surface area contributed by atoms with Crippen LogP contribution in [0.15, 0.2) is 23.0 Å². The zero-order chi connectivity index (χ0) is 18.8. The van der Waals surface area contributed by atoms with Gasteiger partial charge in [-0.15, -0.1) is 0 Å². The number of benzene rings is 1. The van der Waals surface area contributed by atoms with Crippen LogP contribution in [-0.4, -0.2) is 28.5 Å². The van der Waals surface area contributed by atoms with Gasteiger partial charge in [-0.2, -0.15) is 0 Å². The van der Waals surface area contributed by atoms with Crippen molar-refractivity contribution >= 4 is 0 Å². The van der Waals surface area contributed by atoms with Crippen molar-refractivity contribution in [3.63, 3.8) is 0 Å². The van der Waals surface area contributed by atoms with Gasteiger partial charge in [0.15, 0.2) is 0 Å². The molecule has 0 atom stereocenters. The summed E-state index contributed by atoms with van der Waals surface area (Å²) in [6.45, 7) is 4.58. The monoisotopic (exact) mass is 367 g/mol. The number of aryl methyl sites for hydroxylation is 1. The van der Waals surface area contributed by atoms with E-state index in [2.05, 4.69) is 28.9 Å². The van der Waals surface area contributed by atoms with Crippen molar-refractivity contribution in [2.24, 2.45) is 0 Å². The highest BCUT2D eigenvalue weighted by molar-refractivity contribution is 5.35. The molecule has 1 N–H and O–H groups in total. The second-order valence-electron chi connectivity index (χ2n) is 7.96. The van der Waals surface area contributed by atoms with Gasteiger partial charge in [-0.25, -0.2) is 4.98 Å². The van der Waals surface area contributed by atoms with E-state index >= 15 is 0 Å². The fraction of sp³-hybridized carbons (Fsp3) is 0.545. The van der Waals surface area contributed by atoms with Crippen molar-refractivity contribution in [1.82, 2.24) is 14.9 Å². The van der Waals surface area contributed by atoms with Gasteiger partial charge in [-0.05, 0) is 43.0 Å². The SMILES string of the molecule is COc1ccc(CN2CCc3nc(C4CCCCC4)[nH]c(=O)c3C2)c(C)c1. The lowest BCUT2D eigenvalue weighted by Crippen LogP contribution is -2.36. The van der Waals surface area contributed by atoms with Crippen LogP contribution < -0.4 is 10.3 Å².